The van der Waals surface area contributed by atoms with Crippen molar-refractivity contribution < 1.29 is 17.6 Å². The summed E-state index contributed by atoms with van der Waals surface area (Å²) in [6.07, 6.45) is 0.923. The molecule has 9 heteroatoms. The summed E-state index contributed by atoms with van der Waals surface area (Å²) in [5.41, 5.74) is -0.192. The quantitative estimate of drug-likeness (QED) is 0.840. The normalized spacial score (nSPS) is 11.2. The largest absolute Gasteiger partial charge is 0.325 e. The van der Waals surface area contributed by atoms with Crippen LogP contribution in [0.2, 0.25) is 0 Å². The molecule has 7 nitrogen and oxygen atoms in total. The van der Waals surface area contributed by atoms with Crippen LogP contribution in [0.1, 0.15) is 0 Å². The van der Waals surface area contributed by atoms with E-state index in [4.69, 9.17) is 5.14 Å². The predicted octanol–water partition coefficient (Wildman–Crippen LogP) is 0.273. The Balaban J connectivity index is 2.09. The highest BCUT2D eigenvalue weighted by Gasteiger charge is 2.09. The van der Waals surface area contributed by atoms with Crippen molar-refractivity contribution in [1.82, 2.24) is 4.57 Å². The maximum atomic E-state index is 13.0. The van der Waals surface area contributed by atoms with Crippen LogP contribution < -0.4 is 16.0 Å². The molecule has 0 fully saturated rings. The van der Waals surface area contributed by atoms with E-state index in [9.17, 15) is 22.4 Å². The molecule has 0 saturated heterocycles. The lowest BCUT2D eigenvalue weighted by Gasteiger charge is -2.08. The van der Waals surface area contributed by atoms with Gasteiger partial charge in [0.05, 0.1) is 4.90 Å². The monoisotopic (exact) mass is 325 g/mol. The predicted molar refractivity (Wildman–Crippen MR) is 77.1 cm³/mol. The van der Waals surface area contributed by atoms with Crippen LogP contribution in [0.15, 0.2) is 52.3 Å². The van der Waals surface area contributed by atoms with Crippen molar-refractivity contribution in [3.63, 3.8) is 0 Å². The van der Waals surface area contributed by atoms with Gasteiger partial charge in [-0.15, -0.1) is 0 Å². The Kier molecular flexibility index (Phi) is 4.38. The van der Waals surface area contributed by atoms with Gasteiger partial charge >= 0.3 is 0 Å². The third-order valence-electron chi connectivity index (χ3n) is 2.73. The highest BCUT2D eigenvalue weighted by Crippen LogP contribution is 2.12. The Hall–Kier alpha value is -2.52. The average Bonchev–Trinajstić information content (AvgIpc) is 2.42. The molecular formula is C13H12FN3O4S. The molecule has 1 aromatic heterocycles. The van der Waals surface area contributed by atoms with Crippen LogP contribution in [0.5, 0.6) is 0 Å². The summed E-state index contributed by atoms with van der Waals surface area (Å²) in [6.45, 7) is -0.368. The Morgan fingerprint density at radius 2 is 1.82 bits per heavy atom. The second kappa shape index (κ2) is 6.08. The van der Waals surface area contributed by atoms with E-state index < -0.39 is 27.3 Å². The maximum Gasteiger partial charge on any atom is 0.251 e. The van der Waals surface area contributed by atoms with Gasteiger partial charge in [-0.2, -0.15) is 0 Å². The lowest BCUT2D eigenvalue weighted by atomic mass is 10.3. The van der Waals surface area contributed by atoms with E-state index in [1.54, 1.807) is 0 Å². The van der Waals surface area contributed by atoms with E-state index in [0.717, 1.165) is 22.9 Å². The number of carbonyl (C=O) groups is 1. The molecule has 2 aromatic rings. The number of primary sulfonamides is 1. The number of nitrogens with one attached hydrogen (secondary N) is 1. The van der Waals surface area contributed by atoms with Crippen molar-refractivity contribution >= 4 is 21.6 Å². The molecular weight excluding hydrogens is 313 g/mol. The van der Waals surface area contributed by atoms with E-state index in [-0.39, 0.29) is 11.4 Å². The Bertz CT molecular complexity index is 860. The minimum atomic E-state index is -3.81. The van der Waals surface area contributed by atoms with Crippen LogP contribution in [-0.2, 0) is 21.4 Å². The zero-order valence-corrected chi connectivity index (χ0v) is 12.0. The highest BCUT2D eigenvalue weighted by molar-refractivity contribution is 7.89. The molecule has 0 spiro atoms. The van der Waals surface area contributed by atoms with Gasteiger partial charge in [-0.05, 0) is 30.3 Å². The third-order valence-corrected chi connectivity index (χ3v) is 3.66. The first-order valence-corrected chi connectivity index (χ1v) is 7.59. The first-order chi connectivity index (χ1) is 10.3. The van der Waals surface area contributed by atoms with Gasteiger partial charge in [0.25, 0.3) is 5.56 Å². The van der Waals surface area contributed by atoms with Crippen molar-refractivity contribution in [2.24, 2.45) is 5.14 Å². The third kappa shape index (κ3) is 3.99. The number of carbonyl (C=O) groups excluding carboxylic acids is 1. The van der Waals surface area contributed by atoms with Crippen molar-refractivity contribution in [3.05, 3.63) is 58.8 Å². The molecule has 2 rings (SSSR count). The number of aromatic nitrogens is 1. The molecule has 0 aliphatic heterocycles. The van der Waals surface area contributed by atoms with Crippen LogP contribution in [0.4, 0.5) is 10.1 Å². The van der Waals surface area contributed by atoms with Crippen molar-refractivity contribution in [2.45, 2.75) is 11.4 Å². The molecule has 0 unspecified atom stereocenters. The number of amides is 1. The Labute approximate surface area is 125 Å². The van der Waals surface area contributed by atoms with Gasteiger partial charge in [-0.1, -0.05) is 0 Å². The van der Waals surface area contributed by atoms with Gasteiger partial charge in [0.1, 0.15) is 12.4 Å². The SMILES string of the molecule is NS(=O)(=O)c1ccc(NC(=O)Cn2cc(F)ccc2=O)cc1. The highest BCUT2D eigenvalue weighted by atomic mass is 32.2. The van der Waals surface area contributed by atoms with E-state index >= 15 is 0 Å². The molecule has 0 aliphatic rings. The van der Waals surface area contributed by atoms with Gasteiger partial charge in [0.15, 0.2) is 0 Å². The van der Waals surface area contributed by atoms with E-state index in [1.807, 2.05) is 0 Å². The molecule has 1 amide bonds. The Morgan fingerprint density at radius 3 is 2.41 bits per heavy atom. The van der Waals surface area contributed by atoms with Gasteiger partial charge in [0.2, 0.25) is 15.9 Å². The number of pyridine rings is 1. The number of hydrogen-bond acceptors (Lipinski definition) is 4. The zero-order chi connectivity index (χ0) is 16.3. The second-order valence-electron chi connectivity index (χ2n) is 4.43. The summed E-state index contributed by atoms with van der Waals surface area (Å²) in [6, 6.07) is 7.20. The molecule has 3 N–H and O–H groups in total. The van der Waals surface area contributed by atoms with E-state index in [0.29, 0.717) is 5.69 Å². The molecule has 116 valence electrons. The van der Waals surface area contributed by atoms with E-state index in [2.05, 4.69) is 5.32 Å². The van der Waals surface area contributed by atoms with E-state index in [1.165, 1.54) is 24.3 Å². The molecule has 0 aliphatic carbocycles. The van der Waals surface area contributed by atoms with Crippen molar-refractivity contribution in [2.75, 3.05) is 5.32 Å². The average molecular weight is 325 g/mol. The summed E-state index contributed by atoms with van der Waals surface area (Å²) in [5, 5.41) is 7.41. The molecule has 0 saturated carbocycles. The summed E-state index contributed by atoms with van der Waals surface area (Å²) in [5.74, 6) is -1.19. The number of hydrogen-bond donors (Lipinski definition) is 2. The summed E-state index contributed by atoms with van der Waals surface area (Å²) < 4.78 is 36.1. The molecule has 0 bridgehead atoms. The van der Waals surface area contributed by atoms with Gasteiger partial charge in [-0.3, -0.25) is 9.59 Å². The first kappa shape index (κ1) is 15.9. The number of sulfonamides is 1. The summed E-state index contributed by atoms with van der Waals surface area (Å²) in [4.78, 5) is 23.2. The molecule has 1 heterocycles. The lowest BCUT2D eigenvalue weighted by molar-refractivity contribution is -0.116. The summed E-state index contributed by atoms with van der Waals surface area (Å²) in [7, 11) is -3.81. The zero-order valence-electron chi connectivity index (χ0n) is 11.2. The number of rotatable bonds is 4. The second-order valence-corrected chi connectivity index (χ2v) is 5.99. The summed E-state index contributed by atoms with van der Waals surface area (Å²) >= 11 is 0. The Morgan fingerprint density at radius 1 is 1.18 bits per heavy atom. The fraction of sp³-hybridized carbons (Fsp3) is 0.0769. The number of halogens is 1. The molecule has 1 aromatic carbocycles. The fourth-order valence-electron chi connectivity index (χ4n) is 1.71. The van der Waals surface area contributed by atoms with Crippen molar-refractivity contribution in [3.8, 4) is 0 Å². The number of nitrogens with zero attached hydrogens (tertiary/aromatic N) is 1. The first-order valence-electron chi connectivity index (χ1n) is 6.04. The van der Waals surface area contributed by atoms with Crippen molar-refractivity contribution in [1.29, 1.82) is 0 Å². The fourth-order valence-corrected chi connectivity index (χ4v) is 2.22. The van der Waals surface area contributed by atoms with Gasteiger partial charge < -0.3 is 9.88 Å². The molecule has 0 radical (unpaired) electrons. The van der Waals surface area contributed by atoms with Crippen LogP contribution >= 0.6 is 0 Å². The molecule has 0 atom stereocenters. The van der Waals surface area contributed by atoms with Crippen LogP contribution in [-0.4, -0.2) is 18.9 Å². The number of benzene rings is 1. The van der Waals surface area contributed by atoms with Gasteiger partial charge in [0, 0.05) is 18.0 Å². The van der Waals surface area contributed by atoms with Crippen LogP contribution in [0.3, 0.4) is 0 Å². The number of anilines is 1. The number of nitrogens with two attached hydrogens (primary N) is 1. The smallest absolute Gasteiger partial charge is 0.251 e. The minimum Gasteiger partial charge on any atom is -0.325 e. The van der Waals surface area contributed by atoms with Crippen LogP contribution in [0.25, 0.3) is 0 Å². The van der Waals surface area contributed by atoms with Crippen LogP contribution in [0, 0.1) is 5.82 Å². The standard InChI is InChI=1S/C13H12FN3O4S/c14-9-1-6-13(19)17(7-9)8-12(18)16-10-2-4-11(5-3-10)22(15,20)21/h1-7H,8H2,(H,16,18)(H2,15,20,21). The van der Waals surface area contributed by atoms with Gasteiger partial charge in [-0.25, -0.2) is 17.9 Å². The topological polar surface area (TPSA) is 111 Å². The maximum absolute atomic E-state index is 13.0. The molecule has 22 heavy (non-hydrogen) atoms. The minimum absolute atomic E-state index is 0.0909. The lowest BCUT2D eigenvalue weighted by Crippen LogP contribution is -2.27.